The molecule has 2 atom stereocenters. The molecule has 0 bridgehead atoms. The van der Waals surface area contributed by atoms with Crippen LogP contribution in [0.25, 0.3) is 0 Å². The lowest BCUT2D eigenvalue weighted by Crippen LogP contribution is -2.43. The van der Waals surface area contributed by atoms with Crippen molar-refractivity contribution in [2.75, 3.05) is 13.2 Å². The van der Waals surface area contributed by atoms with E-state index in [0.29, 0.717) is 0 Å². The van der Waals surface area contributed by atoms with E-state index in [1.54, 1.807) is 0 Å². The third-order valence-corrected chi connectivity index (χ3v) is 4.50. The maximum absolute atomic E-state index is 11.1. The number of aliphatic carboxylic acids is 8. The second-order valence-corrected chi connectivity index (χ2v) is 8.56. The molecule has 44 heavy (non-hydrogen) atoms. The van der Waals surface area contributed by atoms with Gasteiger partial charge in [0, 0.05) is 0 Å². The van der Waals surface area contributed by atoms with Gasteiger partial charge in [-0.05, 0) is 0 Å². The van der Waals surface area contributed by atoms with Gasteiger partial charge in [0.05, 0.1) is 45.1 Å². The zero-order valence-electron chi connectivity index (χ0n) is 22.1. The van der Waals surface area contributed by atoms with Crippen LogP contribution in [-0.4, -0.2) is 156 Å². The Morgan fingerprint density at radius 1 is 0.477 bits per heavy atom. The highest BCUT2D eigenvalue weighted by Crippen LogP contribution is 2.18. The largest absolute Gasteiger partial charge is 0.481 e. The van der Waals surface area contributed by atoms with Crippen LogP contribution in [0, 0.1) is 0 Å². The normalized spacial score (nSPS) is 12.8. The minimum atomic E-state index is -2.77. The molecule has 0 aromatic carbocycles. The molecule has 2 unspecified atom stereocenters. The van der Waals surface area contributed by atoms with E-state index in [1.165, 1.54) is 0 Å². The van der Waals surface area contributed by atoms with E-state index in [4.69, 9.17) is 61.3 Å². The minimum absolute atomic E-state index is 0.585. The van der Waals surface area contributed by atoms with Crippen molar-refractivity contribution in [2.45, 2.75) is 61.4 Å². The fourth-order valence-corrected chi connectivity index (χ4v) is 2.42. The molecule has 0 radical (unpaired) electrons. The Balaban J connectivity index is -0.000000585. The summed E-state index contributed by atoms with van der Waals surface area (Å²) in [6.45, 7) is -1.25. The molecule has 0 spiro atoms. The molecule has 0 saturated heterocycles. The maximum atomic E-state index is 11.1. The first kappa shape index (κ1) is 43.5. The first-order chi connectivity index (χ1) is 19.8. The van der Waals surface area contributed by atoms with Crippen molar-refractivity contribution < 1.29 is 114 Å². The maximum Gasteiger partial charge on any atom is 0.336 e. The summed E-state index contributed by atoms with van der Waals surface area (Å²) in [5.74, 6) is -14.7. The topological polar surface area (TPSA) is 426 Å². The van der Waals surface area contributed by atoms with Crippen LogP contribution in [0.15, 0.2) is 0 Å². The van der Waals surface area contributed by atoms with E-state index < -0.39 is 128 Å². The predicted octanol–water partition coefficient (Wildman–Crippen LogP) is -4.93. The van der Waals surface area contributed by atoms with E-state index in [0.717, 1.165) is 0 Å². The summed E-state index contributed by atoms with van der Waals surface area (Å²) in [4.78, 5) is 93.1. The minimum Gasteiger partial charge on any atom is -0.481 e. The quantitative estimate of drug-likeness (QED) is 0.0618. The highest BCUT2D eigenvalue weighted by Gasteiger charge is 2.42. The summed E-state index contributed by atoms with van der Waals surface area (Å²) in [6.07, 6.45) is -8.15. The van der Waals surface area contributed by atoms with Gasteiger partial charge in [-0.1, -0.05) is 0 Å². The van der Waals surface area contributed by atoms with Gasteiger partial charge < -0.3 is 71.1 Å². The van der Waals surface area contributed by atoms with E-state index in [2.05, 4.69) is 4.74 Å². The molecule has 13 N–H and O–H groups in total. The standard InChI is InChI=1S/C9H14O9.2C6H8O7/c10-3-5(11)4-18-7(14)2-9(17,8(15)16)1-6(12)13;2*7-3(8)1-6(13,5(11)12)2-4(9)10/h5,10-11,17H,1-4H2,(H,12,13)(H,15,16);2*13H,1-2H2,(H,7,8)(H,9,10)(H,11,12). The van der Waals surface area contributed by atoms with Crippen LogP contribution in [0.4, 0.5) is 0 Å². The molecule has 0 heterocycles. The van der Waals surface area contributed by atoms with Crippen molar-refractivity contribution in [3.8, 4) is 0 Å². The number of carboxylic acid groups (broad SMARTS) is 8. The smallest absolute Gasteiger partial charge is 0.336 e. The van der Waals surface area contributed by atoms with Crippen LogP contribution >= 0.6 is 0 Å². The summed E-state index contributed by atoms with van der Waals surface area (Å²) in [6, 6.07) is 0. The molecule has 0 aliphatic carbocycles. The molecule has 23 heteroatoms. The fourth-order valence-electron chi connectivity index (χ4n) is 2.42. The van der Waals surface area contributed by atoms with Crippen LogP contribution in [0.5, 0.6) is 0 Å². The van der Waals surface area contributed by atoms with Crippen LogP contribution in [0.3, 0.4) is 0 Å². The Morgan fingerprint density at radius 3 is 0.886 bits per heavy atom. The number of aliphatic hydroxyl groups is 5. The number of carbonyl (C=O) groups is 9. The van der Waals surface area contributed by atoms with Gasteiger partial charge in [0.2, 0.25) is 0 Å². The first-order valence-electron chi connectivity index (χ1n) is 11.2. The van der Waals surface area contributed by atoms with Crippen molar-refractivity contribution in [2.24, 2.45) is 0 Å². The second-order valence-electron chi connectivity index (χ2n) is 8.56. The van der Waals surface area contributed by atoms with Crippen molar-refractivity contribution in [3.63, 3.8) is 0 Å². The number of carbonyl (C=O) groups excluding carboxylic acids is 1. The number of esters is 1. The van der Waals surface area contributed by atoms with Gasteiger partial charge in [-0.15, -0.1) is 0 Å². The Hall–Kier alpha value is -4.97. The van der Waals surface area contributed by atoms with E-state index in [-0.39, 0.29) is 0 Å². The molecule has 0 aliphatic rings. The van der Waals surface area contributed by atoms with E-state index in [9.17, 15) is 48.3 Å². The average Bonchev–Trinajstić information content (AvgIpc) is 2.80. The second kappa shape index (κ2) is 19.3. The monoisotopic (exact) mass is 650 g/mol. The Morgan fingerprint density at radius 2 is 0.705 bits per heavy atom. The predicted molar refractivity (Wildman–Crippen MR) is 128 cm³/mol. The lowest BCUT2D eigenvalue weighted by atomic mass is 9.96. The third kappa shape index (κ3) is 19.2. The van der Waals surface area contributed by atoms with Gasteiger partial charge in [-0.2, -0.15) is 0 Å². The molecule has 0 fully saturated rings. The van der Waals surface area contributed by atoms with Crippen molar-refractivity contribution >= 4 is 53.7 Å². The molecular weight excluding hydrogens is 620 g/mol. The zero-order chi connectivity index (χ0) is 35.6. The van der Waals surface area contributed by atoms with Gasteiger partial charge in [0.1, 0.15) is 12.7 Å². The van der Waals surface area contributed by atoms with E-state index in [1.807, 2.05) is 0 Å². The van der Waals surface area contributed by atoms with Gasteiger partial charge in [-0.25, -0.2) is 14.4 Å². The van der Waals surface area contributed by atoms with Crippen molar-refractivity contribution in [1.29, 1.82) is 0 Å². The average molecular weight is 650 g/mol. The Bertz CT molecular complexity index is 994. The molecule has 0 aliphatic heterocycles. The summed E-state index contributed by atoms with van der Waals surface area (Å²) in [5, 5.41) is 111. The number of carboxylic acids is 8. The summed E-state index contributed by atoms with van der Waals surface area (Å²) in [7, 11) is 0. The van der Waals surface area contributed by atoms with Gasteiger partial charge in [0.15, 0.2) is 16.8 Å². The van der Waals surface area contributed by atoms with Gasteiger partial charge in [-0.3, -0.25) is 28.8 Å². The number of rotatable bonds is 18. The summed E-state index contributed by atoms with van der Waals surface area (Å²) in [5.41, 5.74) is -8.25. The van der Waals surface area contributed by atoms with Crippen LogP contribution < -0.4 is 0 Å². The van der Waals surface area contributed by atoms with Gasteiger partial charge in [0.25, 0.3) is 0 Å². The number of hydrogen-bond acceptors (Lipinski definition) is 15. The molecule has 23 nitrogen and oxygen atoms in total. The third-order valence-electron chi connectivity index (χ3n) is 4.50. The molecular formula is C21H30O23. The summed E-state index contributed by atoms with van der Waals surface area (Å²) < 4.78 is 4.36. The van der Waals surface area contributed by atoms with E-state index >= 15 is 0 Å². The number of hydrogen-bond donors (Lipinski definition) is 13. The van der Waals surface area contributed by atoms with Crippen molar-refractivity contribution in [1.82, 2.24) is 0 Å². The zero-order valence-corrected chi connectivity index (χ0v) is 22.1. The first-order valence-corrected chi connectivity index (χ1v) is 11.2. The van der Waals surface area contributed by atoms with Crippen LogP contribution in [0.1, 0.15) is 38.5 Å². The SMILES string of the molecule is O=C(O)CC(O)(CC(=O)O)C(=O)O.O=C(O)CC(O)(CC(=O)O)C(=O)O.O=C(O)CC(O)(CC(=O)OCC(O)CO)C(=O)O. The van der Waals surface area contributed by atoms with Crippen LogP contribution in [-0.2, 0) is 47.9 Å². The van der Waals surface area contributed by atoms with Gasteiger partial charge >= 0.3 is 53.7 Å². The molecule has 252 valence electrons. The highest BCUT2D eigenvalue weighted by atomic mass is 16.5. The molecule has 0 aromatic rings. The lowest BCUT2D eigenvalue weighted by molar-refractivity contribution is -0.172. The molecule has 0 amide bonds. The Kier molecular flexibility index (Phi) is 19.0. The van der Waals surface area contributed by atoms with Crippen molar-refractivity contribution in [3.05, 3.63) is 0 Å². The lowest BCUT2D eigenvalue weighted by Gasteiger charge is -2.20. The number of ether oxygens (including phenoxy) is 1. The molecule has 0 saturated carbocycles. The highest BCUT2D eigenvalue weighted by molar-refractivity contribution is 5.89. The molecule has 0 aromatic heterocycles. The fraction of sp³-hybridized carbons (Fsp3) is 0.571. The molecule has 0 rings (SSSR count). The van der Waals surface area contributed by atoms with Crippen LogP contribution in [0.2, 0.25) is 0 Å². The summed E-state index contributed by atoms with van der Waals surface area (Å²) >= 11 is 0. The Labute approximate surface area is 243 Å². The number of aliphatic hydroxyl groups excluding tert-OH is 2.